The van der Waals surface area contributed by atoms with Crippen LogP contribution in [0, 0.1) is 0 Å². The van der Waals surface area contributed by atoms with E-state index < -0.39 is 6.04 Å². The van der Waals surface area contributed by atoms with Gasteiger partial charge in [-0.3, -0.25) is 0 Å². The largest absolute Gasteiger partial charge is 0.456 e. The van der Waals surface area contributed by atoms with E-state index in [1.54, 1.807) is 6.07 Å². The minimum atomic E-state index is -0.410. The molecule has 10 rings (SSSR count). The molecule has 0 radical (unpaired) electrons. The first-order chi connectivity index (χ1) is 25.4. The van der Waals surface area contributed by atoms with Crippen molar-refractivity contribution in [3.05, 3.63) is 170 Å². The summed E-state index contributed by atoms with van der Waals surface area (Å²) >= 11 is 0. The molecule has 0 spiro atoms. The number of hydrogen-bond acceptors (Lipinski definition) is 1. The van der Waals surface area contributed by atoms with Gasteiger partial charge < -0.3 is 4.42 Å². The number of hydrogen-bond donors (Lipinski definition) is 0. The second-order valence-electron chi connectivity index (χ2n) is 12.0. The van der Waals surface area contributed by atoms with Crippen LogP contribution < -0.4 is 0 Å². The fourth-order valence-electron chi connectivity index (χ4n) is 7.55. The van der Waals surface area contributed by atoms with Gasteiger partial charge in [0.2, 0.25) is 0 Å². The summed E-state index contributed by atoms with van der Waals surface area (Å²) in [5.74, 6) is 0. The molecule has 0 saturated carbocycles. The molecule has 0 bridgehead atoms. The molecule has 1 heteroatoms. The Hall–Kier alpha value is -6.18. The lowest BCUT2D eigenvalue weighted by Crippen LogP contribution is -1.92. The van der Waals surface area contributed by atoms with E-state index in [0.29, 0.717) is 16.7 Å². The normalized spacial score (nSPS) is 13.3. The number of benzene rings is 9. The van der Waals surface area contributed by atoms with Crippen LogP contribution in [0.2, 0.25) is 0 Å². The molecule has 10 aromatic rings. The minimum Gasteiger partial charge on any atom is -0.456 e. The lowest BCUT2D eigenvalue weighted by atomic mass is 9.83. The Morgan fingerprint density at radius 2 is 0.979 bits per heavy atom. The van der Waals surface area contributed by atoms with Gasteiger partial charge in [0.25, 0.3) is 0 Å². The maximum atomic E-state index is 8.54. The van der Waals surface area contributed by atoms with Crippen molar-refractivity contribution in [2.45, 2.75) is 0 Å². The van der Waals surface area contributed by atoms with Gasteiger partial charge in [0, 0.05) is 10.8 Å². The average Bonchev–Trinajstić information content (AvgIpc) is 3.56. The monoisotopic (exact) mass is 601 g/mol. The summed E-state index contributed by atoms with van der Waals surface area (Å²) in [5, 5.41) is 11.3. The van der Waals surface area contributed by atoms with Gasteiger partial charge >= 0.3 is 0 Å². The van der Waals surface area contributed by atoms with E-state index in [1.165, 1.54) is 32.7 Å². The topological polar surface area (TPSA) is 13.1 Å². The Kier molecular flexibility index (Phi) is 4.66. The zero-order chi connectivity index (χ0) is 35.2. The summed E-state index contributed by atoms with van der Waals surface area (Å²) < 4.78 is 48.0. The van der Waals surface area contributed by atoms with Gasteiger partial charge in [0.1, 0.15) is 11.2 Å². The van der Waals surface area contributed by atoms with Gasteiger partial charge in [-0.2, -0.15) is 0 Å². The third-order valence-corrected chi connectivity index (χ3v) is 9.54. The summed E-state index contributed by atoms with van der Waals surface area (Å²) in [5.41, 5.74) is 6.50. The summed E-state index contributed by atoms with van der Waals surface area (Å²) in [6.45, 7) is 0. The van der Waals surface area contributed by atoms with E-state index >= 15 is 0 Å². The molecule has 47 heavy (non-hydrogen) atoms. The molecule has 0 amide bonds. The van der Waals surface area contributed by atoms with Crippen LogP contribution in [0.4, 0.5) is 0 Å². The SMILES string of the molecule is [2H]c1c([2H])c([2H])c(-c2ccc3c(c2)oc2cccc(-c4c5ccccc5c(-c5cccc6c5ccc5ccccc56)c5ccccc45)c23)c([2H])c1[2H]. The number of fused-ring (bicyclic) bond motifs is 8. The predicted octanol–water partition coefficient (Wildman–Crippen LogP) is 13.2. The second kappa shape index (κ2) is 10.2. The number of furan rings is 1. The Bertz CT molecular complexity index is 3050. The molecule has 1 nitrogen and oxygen atoms in total. The lowest BCUT2D eigenvalue weighted by Gasteiger charge is -2.19. The molecule has 0 N–H and O–H groups in total. The van der Waals surface area contributed by atoms with Crippen LogP contribution in [-0.2, 0) is 0 Å². The van der Waals surface area contributed by atoms with Crippen molar-refractivity contribution < 1.29 is 11.3 Å². The molecule has 0 saturated heterocycles. The Balaban J connectivity index is 1.26. The fraction of sp³-hybridized carbons (Fsp3) is 0. The molecular formula is C46H28O. The summed E-state index contributed by atoms with van der Waals surface area (Å²) in [7, 11) is 0. The van der Waals surface area contributed by atoms with Gasteiger partial charge in [-0.25, -0.2) is 0 Å². The standard InChI is InChI=1S/C46H28O/c1-2-12-29(13-3-1)31-25-27-40-43(28-31)47-42-23-11-22-41(46(40)42)45-38-18-8-6-16-36(38)44(37-17-7-9-19-39(37)45)35-21-10-20-33-32-15-5-4-14-30(32)24-26-34(33)35/h1-28H/i1D,2D,3D,12D,13D. The van der Waals surface area contributed by atoms with Crippen LogP contribution in [0.25, 0.3) is 98.4 Å². The molecule has 0 aliphatic rings. The van der Waals surface area contributed by atoms with Crippen molar-refractivity contribution in [3.63, 3.8) is 0 Å². The first kappa shape index (κ1) is 21.5. The summed E-state index contributed by atoms with van der Waals surface area (Å²) in [6.07, 6.45) is 0. The molecule has 9 aromatic carbocycles. The maximum Gasteiger partial charge on any atom is 0.136 e. The van der Waals surface area contributed by atoms with E-state index in [2.05, 4.69) is 109 Å². The molecule has 0 aliphatic heterocycles. The van der Waals surface area contributed by atoms with Gasteiger partial charge in [-0.1, -0.05) is 152 Å². The molecule has 0 aliphatic carbocycles. The molecule has 0 fully saturated rings. The molecule has 1 aromatic heterocycles. The Morgan fingerprint density at radius 1 is 0.383 bits per heavy atom. The van der Waals surface area contributed by atoms with Crippen molar-refractivity contribution in [2.24, 2.45) is 0 Å². The third-order valence-electron chi connectivity index (χ3n) is 9.54. The molecule has 218 valence electrons. The van der Waals surface area contributed by atoms with Crippen molar-refractivity contribution >= 4 is 65.0 Å². The van der Waals surface area contributed by atoms with Crippen molar-refractivity contribution in [1.29, 1.82) is 0 Å². The first-order valence-corrected chi connectivity index (χ1v) is 15.8. The predicted molar refractivity (Wildman–Crippen MR) is 200 cm³/mol. The molecule has 1 heterocycles. The van der Waals surface area contributed by atoms with Crippen molar-refractivity contribution in [2.75, 3.05) is 0 Å². The Morgan fingerprint density at radius 3 is 1.72 bits per heavy atom. The van der Waals surface area contributed by atoms with E-state index in [1.807, 2.05) is 24.3 Å². The smallest absolute Gasteiger partial charge is 0.136 e. The minimum absolute atomic E-state index is 0.155. The lowest BCUT2D eigenvalue weighted by molar-refractivity contribution is 0.669. The highest BCUT2D eigenvalue weighted by molar-refractivity contribution is 6.27. The van der Waals surface area contributed by atoms with Crippen molar-refractivity contribution in [3.8, 4) is 33.4 Å². The highest BCUT2D eigenvalue weighted by Gasteiger charge is 2.21. The van der Waals surface area contributed by atoms with Crippen LogP contribution >= 0.6 is 0 Å². The zero-order valence-corrected chi connectivity index (χ0v) is 25.2. The quantitative estimate of drug-likeness (QED) is 0.145. The van der Waals surface area contributed by atoms with E-state index in [9.17, 15) is 0 Å². The summed E-state index contributed by atoms with van der Waals surface area (Å²) in [6, 6.07) is 47.0. The van der Waals surface area contributed by atoms with Crippen LogP contribution in [0.15, 0.2) is 174 Å². The fourth-order valence-corrected chi connectivity index (χ4v) is 7.55. The van der Waals surface area contributed by atoms with E-state index in [-0.39, 0.29) is 29.7 Å². The van der Waals surface area contributed by atoms with Gasteiger partial charge in [0.05, 0.1) is 6.85 Å². The first-order valence-electron chi connectivity index (χ1n) is 18.3. The maximum absolute atomic E-state index is 8.54. The second-order valence-corrected chi connectivity index (χ2v) is 12.0. The Labute approximate surface area is 279 Å². The summed E-state index contributed by atoms with van der Waals surface area (Å²) in [4.78, 5) is 0. The molecule has 0 unspecified atom stereocenters. The highest BCUT2D eigenvalue weighted by atomic mass is 16.3. The van der Waals surface area contributed by atoms with Crippen molar-refractivity contribution in [1.82, 2.24) is 0 Å². The molecular weight excluding hydrogens is 569 g/mol. The van der Waals surface area contributed by atoms with Gasteiger partial charge in [0.15, 0.2) is 0 Å². The zero-order valence-electron chi connectivity index (χ0n) is 30.2. The van der Waals surface area contributed by atoms with Crippen LogP contribution in [0.1, 0.15) is 6.85 Å². The third kappa shape index (κ3) is 3.90. The average molecular weight is 602 g/mol. The molecule has 0 atom stereocenters. The van der Waals surface area contributed by atoms with E-state index in [4.69, 9.17) is 11.3 Å². The van der Waals surface area contributed by atoms with Crippen LogP contribution in [0.5, 0.6) is 0 Å². The van der Waals surface area contributed by atoms with Crippen LogP contribution in [0.3, 0.4) is 0 Å². The van der Waals surface area contributed by atoms with E-state index in [0.717, 1.165) is 43.4 Å². The number of rotatable bonds is 3. The highest BCUT2D eigenvalue weighted by Crippen LogP contribution is 2.48. The van der Waals surface area contributed by atoms with Gasteiger partial charge in [-0.15, -0.1) is 0 Å². The van der Waals surface area contributed by atoms with Crippen LogP contribution in [-0.4, -0.2) is 0 Å². The van der Waals surface area contributed by atoms with Gasteiger partial charge in [-0.05, 0) is 94.7 Å².